The topological polar surface area (TPSA) is 649 Å². The number of nitriles is 4. The molecule has 0 amide bonds. The molecule has 2 radical (unpaired) electrons. The molecule has 0 atom stereocenters. The minimum absolute atomic E-state index is 0. The zero-order valence-electron chi connectivity index (χ0n) is 77.5. The number of azo groups is 4. The third-order valence-corrected chi connectivity index (χ3v) is 20.9. The summed E-state index contributed by atoms with van der Waals surface area (Å²) in [5.41, 5.74) is -2.16. The maximum atomic E-state index is 12.2. The number of nitrogens with zero attached hydrogens (tertiary/aromatic N) is 23. The van der Waals surface area contributed by atoms with Crippen molar-refractivity contribution in [1.29, 1.82) is 21.0 Å². The van der Waals surface area contributed by atoms with Crippen LogP contribution < -0.4 is 36.9 Å². The number of benzene rings is 7. The van der Waals surface area contributed by atoms with E-state index in [4.69, 9.17) is 33.2 Å². The number of quaternary nitrogens is 1. The number of nitrogens with one attached hydrogen (secondary N) is 1. The number of terminal acetylenes is 2. The largest absolute Gasteiger partial charge is 0.506 e. The van der Waals surface area contributed by atoms with Gasteiger partial charge in [-0.1, -0.05) is 72.5 Å². The molecule has 732 valence electrons. The summed E-state index contributed by atoms with van der Waals surface area (Å²) in [7, 11) is 4.04. The van der Waals surface area contributed by atoms with Crippen molar-refractivity contribution in [2.24, 2.45) is 46.0 Å². The number of anilines is 1. The molecule has 0 saturated carbocycles. The van der Waals surface area contributed by atoms with Crippen LogP contribution in [0.3, 0.4) is 0 Å². The molecule has 142 heavy (non-hydrogen) atoms. The summed E-state index contributed by atoms with van der Waals surface area (Å²) in [5.74, 6) is 2.12. The van der Waals surface area contributed by atoms with E-state index in [1.54, 1.807) is 29.2 Å². The number of aromatic hydroxyl groups is 8. The number of nitro benzene ring substituents is 4. The molecule has 0 unspecified atom stereocenters. The van der Waals surface area contributed by atoms with Crippen LogP contribution in [0.4, 0.5) is 79.6 Å². The Bertz CT molecular complexity index is 7080. The summed E-state index contributed by atoms with van der Waals surface area (Å²) >= 11 is 0. The molecule has 0 aliphatic carbocycles. The van der Waals surface area contributed by atoms with Crippen LogP contribution in [0, 0.1) is 138 Å². The van der Waals surface area contributed by atoms with E-state index in [1.807, 2.05) is 72.9 Å². The maximum absolute atomic E-state index is 12.2. The molecule has 47 heteroatoms. The summed E-state index contributed by atoms with van der Waals surface area (Å²) in [6, 6.07) is 45.8. The van der Waals surface area contributed by atoms with Gasteiger partial charge in [-0.2, -0.15) is 30.7 Å². The first-order valence-corrected chi connectivity index (χ1v) is 41.3. The molecular formula is C95H90Co2N24O21+2. The number of phenolic OH excluding ortho intramolecular Hbond substituents is 4. The third kappa shape index (κ3) is 27.1. The number of fused-ring (bicyclic) bond motifs is 1. The Morgan fingerprint density at radius 1 is 0.465 bits per heavy atom. The average molecular weight is 2020 g/mol. The van der Waals surface area contributed by atoms with Crippen molar-refractivity contribution >= 4 is 91.5 Å². The van der Waals surface area contributed by atoms with Crippen LogP contribution in [-0.2, 0) is 65.2 Å². The van der Waals surface area contributed by atoms with Gasteiger partial charge < -0.3 is 50.5 Å². The zero-order valence-corrected chi connectivity index (χ0v) is 79.6. The SMILES string of the molecule is C#CCn1c(O)c(N=Nc2cc([N+](=O)[O-])ccc2O)c(C)c(C#N)c1=O.C#CCn1c(O)c(N=Nc2cc([N+](=O)[O-])ccc2O)c(C)c(C#N)c1=O.C=CCn1c(O)c(N=Nc2cc([N+](=O)[O-])ccc2O)c(C)c(C#N)c1=O.C=CCn1c(O)c(N=Nc2cc([N+](=O)[O-])ccc2O)c(C)c(C#N)c1=O.CC[NH+](CC)CC.CN(/N=C/C1=[N+](C)c2ccccc2C1(C)C)c1ccccc1Oc1ccccc1.[Co].[Co]. The fraction of sp³-hybridized carbons (Fsp3) is 0.200. The minimum atomic E-state index is -0.780. The first-order chi connectivity index (χ1) is 66.6. The molecule has 0 spiro atoms. The first kappa shape index (κ1) is 114. The van der Waals surface area contributed by atoms with Gasteiger partial charge in [0.05, 0.1) is 57.8 Å². The minimum Gasteiger partial charge on any atom is -0.506 e. The van der Waals surface area contributed by atoms with Gasteiger partial charge in [-0.3, -0.25) is 82.9 Å². The normalized spacial score (nSPS) is 11.3. The molecular weight excluding hydrogens is 1930 g/mol. The molecule has 12 rings (SSSR count). The van der Waals surface area contributed by atoms with Crippen LogP contribution >= 0.6 is 0 Å². The van der Waals surface area contributed by atoms with E-state index in [-0.39, 0.29) is 201 Å². The summed E-state index contributed by atoms with van der Waals surface area (Å²) in [6.07, 6.45) is 15.0. The van der Waals surface area contributed by atoms with Gasteiger partial charge in [-0.15, -0.1) is 66.9 Å². The molecule has 1 aliphatic rings. The fourth-order valence-corrected chi connectivity index (χ4v) is 13.1. The Kier molecular flexibility index (Phi) is 41.9. The van der Waals surface area contributed by atoms with Gasteiger partial charge in [0.25, 0.3) is 45.0 Å². The van der Waals surface area contributed by atoms with Crippen LogP contribution in [0.25, 0.3) is 0 Å². The number of pyridine rings is 4. The number of para-hydroxylation sites is 4. The smallest absolute Gasteiger partial charge is 0.272 e. The van der Waals surface area contributed by atoms with Gasteiger partial charge in [0.1, 0.15) is 117 Å². The molecule has 9 N–H and O–H groups in total. The van der Waals surface area contributed by atoms with Gasteiger partial charge in [0.2, 0.25) is 34.9 Å². The standard InChI is InChI=1S/C25H26N3O.2C16H13N5O5.2C16H11N5O5.C6H15N.2Co/c1-25(2)20-14-8-9-15-21(20)27(3)24(25)18-26-28(4)22-16-10-11-17-23(22)29-19-12-6-5-7-13-19;4*1-3-6-20-15(23)11(8-17)9(2)14(16(20)24)19-18-12-7-10(21(25)26)4-5-13(12)22;1-4-7(5-2)6-3;;/h5-18H,1-4H3;2*3-5,7,22,24H,1,6H2,2H3;2*1,4-5,7,22,24H,6H2,2H3;4-6H2,1-3H3;;/q+1;;;;;;;/p+1. The quantitative estimate of drug-likeness (QED) is 0.00462. The number of ether oxygens (including phenoxy) is 1. The van der Waals surface area contributed by atoms with E-state index in [9.17, 15) is 111 Å². The fourth-order valence-electron chi connectivity index (χ4n) is 13.1. The predicted molar refractivity (Wildman–Crippen MR) is 514 cm³/mol. The van der Waals surface area contributed by atoms with E-state index in [1.165, 1.54) is 70.7 Å². The number of hydrogen-bond donors (Lipinski definition) is 9. The van der Waals surface area contributed by atoms with E-state index >= 15 is 0 Å². The van der Waals surface area contributed by atoms with Crippen molar-refractivity contribution in [2.75, 3.05) is 38.7 Å². The van der Waals surface area contributed by atoms with E-state index < -0.39 is 65.5 Å². The van der Waals surface area contributed by atoms with Crippen LogP contribution in [0.1, 0.15) is 84.7 Å². The van der Waals surface area contributed by atoms with E-state index in [0.717, 1.165) is 114 Å². The van der Waals surface area contributed by atoms with E-state index in [0.29, 0.717) is 0 Å². The number of aromatic nitrogens is 4. The van der Waals surface area contributed by atoms with Crippen LogP contribution in [0.5, 0.6) is 58.0 Å². The predicted octanol–water partition coefficient (Wildman–Crippen LogP) is 16.2. The van der Waals surface area contributed by atoms with Crippen molar-refractivity contribution < 1.29 is 108 Å². The molecule has 1 aliphatic heterocycles. The number of phenols is 4. The number of non-ortho nitro benzene ring substituents is 4. The molecule has 0 saturated heterocycles. The number of hydrogen-bond acceptors (Lipinski definition) is 35. The maximum Gasteiger partial charge on any atom is 0.272 e. The Morgan fingerprint density at radius 3 is 1.05 bits per heavy atom. The number of rotatable bonds is 26. The van der Waals surface area contributed by atoms with Crippen LogP contribution in [-0.4, -0.2) is 129 Å². The Morgan fingerprint density at radius 2 is 0.761 bits per heavy atom. The third-order valence-electron chi connectivity index (χ3n) is 20.9. The molecule has 11 aromatic rings. The summed E-state index contributed by atoms with van der Waals surface area (Å²) in [4.78, 5) is 90.8. The molecule has 45 nitrogen and oxygen atoms in total. The number of nitro groups is 4. The zero-order chi connectivity index (χ0) is 104. The number of allylic oxidation sites excluding steroid dienone is 2. The first-order valence-electron chi connectivity index (χ1n) is 41.3. The average Bonchev–Trinajstić information content (AvgIpc) is 1.58. The molecule has 0 bridgehead atoms. The number of hydrazone groups is 1. The Hall–Kier alpha value is -18.8. The van der Waals surface area contributed by atoms with Gasteiger partial charge in [-0.25, -0.2) is 0 Å². The monoisotopic (exact) mass is 2020 g/mol. The second-order valence-corrected chi connectivity index (χ2v) is 29.8. The summed E-state index contributed by atoms with van der Waals surface area (Å²) < 4.78 is 11.6. The van der Waals surface area contributed by atoms with Crippen LogP contribution in [0.2, 0.25) is 0 Å². The van der Waals surface area contributed by atoms with Gasteiger partial charge in [0, 0.05) is 136 Å². The molecule has 5 heterocycles. The van der Waals surface area contributed by atoms with Crippen molar-refractivity contribution in [2.45, 2.75) is 93.9 Å². The summed E-state index contributed by atoms with van der Waals surface area (Å²) in [5, 5.41) is 196. The Balaban J connectivity index is 0.000000306. The van der Waals surface area contributed by atoms with Crippen LogP contribution in [0.15, 0.2) is 242 Å². The van der Waals surface area contributed by atoms with Gasteiger partial charge in [0.15, 0.2) is 28.5 Å². The second-order valence-electron chi connectivity index (χ2n) is 29.8. The van der Waals surface area contributed by atoms with Gasteiger partial charge >= 0.3 is 0 Å². The Labute approximate surface area is 829 Å². The summed E-state index contributed by atoms with van der Waals surface area (Å²) in [6.45, 7) is 26.7. The molecule has 0 fully saturated rings. The van der Waals surface area contributed by atoms with Crippen molar-refractivity contribution in [3.05, 3.63) is 309 Å². The van der Waals surface area contributed by atoms with E-state index in [2.05, 4.69) is 136 Å². The molecule has 4 aromatic heterocycles. The van der Waals surface area contributed by atoms with Gasteiger partial charge in [-0.05, 0) is 111 Å². The molecule has 7 aromatic carbocycles. The van der Waals surface area contributed by atoms with Crippen molar-refractivity contribution in [1.82, 2.24) is 18.3 Å². The van der Waals surface area contributed by atoms with Crippen molar-refractivity contribution in [3.8, 4) is 107 Å². The second kappa shape index (κ2) is 52.3. The van der Waals surface area contributed by atoms with Crippen molar-refractivity contribution in [3.63, 3.8) is 0 Å².